The van der Waals surface area contributed by atoms with E-state index in [-0.39, 0.29) is 10.8 Å². The van der Waals surface area contributed by atoms with Gasteiger partial charge < -0.3 is 9.73 Å². The molecule has 1 amide bonds. The number of nitrogens with zero attached hydrogens (tertiary/aromatic N) is 1. The molecule has 2 atom stereocenters. The van der Waals surface area contributed by atoms with Crippen LogP contribution in [0.15, 0.2) is 52.0 Å². The van der Waals surface area contributed by atoms with Crippen molar-refractivity contribution in [1.82, 2.24) is 9.62 Å². The van der Waals surface area contributed by atoms with Gasteiger partial charge in [-0.1, -0.05) is 13.8 Å². The third-order valence-corrected chi connectivity index (χ3v) is 6.67. The molecule has 1 aromatic heterocycles. The van der Waals surface area contributed by atoms with Gasteiger partial charge in [-0.2, -0.15) is 4.31 Å². The van der Waals surface area contributed by atoms with E-state index >= 15 is 0 Å². The van der Waals surface area contributed by atoms with Gasteiger partial charge in [-0.3, -0.25) is 4.79 Å². The predicted molar refractivity (Wildman–Crippen MR) is 103 cm³/mol. The average Bonchev–Trinajstić information content (AvgIpc) is 3.14. The lowest BCUT2D eigenvalue weighted by Gasteiger charge is -2.34. The molecule has 146 valence electrons. The van der Waals surface area contributed by atoms with Gasteiger partial charge >= 0.3 is 0 Å². The van der Waals surface area contributed by atoms with Crippen molar-refractivity contribution >= 4 is 15.9 Å². The number of hydrogen-bond donors (Lipinski definition) is 1. The topological polar surface area (TPSA) is 79.6 Å². The molecule has 0 aliphatic carbocycles. The number of amides is 1. The Morgan fingerprint density at radius 1 is 1.15 bits per heavy atom. The Balaban J connectivity index is 1.62. The first kappa shape index (κ1) is 19.6. The van der Waals surface area contributed by atoms with Crippen LogP contribution in [-0.2, 0) is 16.4 Å². The molecule has 7 heteroatoms. The van der Waals surface area contributed by atoms with Crippen molar-refractivity contribution in [3.05, 3.63) is 54.0 Å². The van der Waals surface area contributed by atoms with Gasteiger partial charge in [0.1, 0.15) is 5.76 Å². The summed E-state index contributed by atoms with van der Waals surface area (Å²) in [4.78, 5) is 12.5. The Bertz CT molecular complexity index is 850. The number of rotatable bonds is 6. The highest BCUT2D eigenvalue weighted by Gasteiger charge is 2.31. The molecule has 1 aliphatic rings. The lowest BCUT2D eigenvalue weighted by atomic mass is 9.94. The molecule has 6 nitrogen and oxygen atoms in total. The zero-order valence-corrected chi connectivity index (χ0v) is 16.5. The molecule has 1 N–H and O–H groups in total. The molecule has 3 rings (SSSR count). The van der Waals surface area contributed by atoms with E-state index in [0.29, 0.717) is 43.5 Å². The number of hydrogen-bond acceptors (Lipinski definition) is 4. The van der Waals surface area contributed by atoms with Gasteiger partial charge in [0, 0.05) is 31.6 Å². The summed E-state index contributed by atoms with van der Waals surface area (Å²) in [5.74, 6) is 1.28. The fourth-order valence-electron chi connectivity index (χ4n) is 3.59. The van der Waals surface area contributed by atoms with Crippen molar-refractivity contribution in [3.8, 4) is 0 Å². The fraction of sp³-hybridized carbons (Fsp3) is 0.450. The first-order valence-corrected chi connectivity index (χ1v) is 10.7. The van der Waals surface area contributed by atoms with Crippen molar-refractivity contribution in [2.75, 3.05) is 19.6 Å². The summed E-state index contributed by atoms with van der Waals surface area (Å²) in [5, 5.41) is 2.81. The molecular weight excluding hydrogens is 364 g/mol. The average molecular weight is 391 g/mol. The molecular formula is C20H26N2O4S. The van der Waals surface area contributed by atoms with Crippen LogP contribution in [0.4, 0.5) is 0 Å². The van der Waals surface area contributed by atoms with E-state index in [4.69, 9.17) is 4.42 Å². The molecule has 1 saturated heterocycles. The van der Waals surface area contributed by atoms with Crippen molar-refractivity contribution < 1.29 is 17.6 Å². The molecule has 0 spiro atoms. The Hall–Kier alpha value is -2.12. The number of nitrogens with one attached hydrogen (secondary N) is 1. The molecule has 1 aliphatic heterocycles. The molecule has 0 bridgehead atoms. The highest BCUT2D eigenvalue weighted by molar-refractivity contribution is 7.89. The van der Waals surface area contributed by atoms with Crippen LogP contribution >= 0.6 is 0 Å². The van der Waals surface area contributed by atoms with Crippen LogP contribution in [0.25, 0.3) is 0 Å². The minimum absolute atomic E-state index is 0.231. The first-order valence-electron chi connectivity index (χ1n) is 9.27. The number of carbonyl (C=O) groups excluding carboxylic acids is 1. The van der Waals surface area contributed by atoms with Gasteiger partial charge in [0.2, 0.25) is 10.0 Å². The minimum atomic E-state index is -3.53. The Labute approximate surface area is 160 Å². The number of carbonyl (C=O) groups is 1. The van der Waals surface area contributed by atoms with E-state index < -0.39 is 10.0 Å². The number of benzene rings is 1. The lowest BCUT2D eigenvalue weighted by Crippen LogP contribution is -2.42. The highest BCUT2D eigenvalue weighted by Crippen LogP contribution is 2.26. The highest BCUT2D eigenvalue weighted by atomic mass is 32.2. The van der Waals surface area contributed by atoms with Gasteiger partial charge in [0.15, 0.2) is 0 Å². The molecule has 0 saturated carbocycles. The monoisotopic (exact) mass is 390 g/mol. The van der Waals surface area contributed by atoms with E-state index in [1.807, 2.05) is 6.07 Å². The maximum Gasteiger partial charge on any atom is 0.251 e. The van der Waals surface area contributed by atoms with Crippen LogP contribution in [0.3, 0.4) is 0 Å². The van der Waals surface area contributed by atoms with Crippen molar-refractivity contribution in [1.29, 1.82) is 0 Å². The molecule has 27 heavy (non-hydrogen) atoms. The third kappa shape index (κ3) is 4.78. The predicted octanol–water partition coefficient (Wildman–Crippen LogP) is 2.92. The normalized spacial score (nSPS) is 21.1. The van der Waals surface area contributed by atoms with E-state index in [2.05, 4.69) is 19.2 Å². The molecule has 2 aromatic rings. The summed E-state index contributed by atoms with van der Waals surface area (Å²) < 4.78 is 32.5. The lowest BCUT2D eigenvalue weighted by molar-refractivity contribution is 0.0953. The second kappa shape index (κ2) is 8.27. The third-order valence-electron chi connectivity index (χ3n) is 4.83. The van der Waals surface area contributed by atoms with Crippen molar-refractivity contribution in [2.24, 2.45) is 11.8 Å². The maximum atomic E-state index is 12.9. The molecule has 0 unspecified atom stereocenters. The summed E-state index contributed by atoms with van der Waals surface area (Å²) in [7, 11) is -3.53. The van der Waals surface area contributed by atoms with E-state index in [9.17, 15) is 13.2 Å². The first-order chi connectivity index (χ1) is 12.9. The number of furan rings is 1. The summed E-state index contributed by atoms with van der Waals surface area (Å²) in [6.07, 6.45) is 3.25. The van der Waals surface area contributed by atoms with E-state index in [0.717, 1.165) is 12.2 Å². The van der Waals surface area contributed by atoms with Crippen LogP contribution in [0.2, 0.25) is 0 Å². The quantitative estimate of drug-likeness (QED) is 0.822. The van der Waals surface area contributed by atoms with E-state index in [1.165, 1.54) is 12.1 Å². The smallest absolute Gasteiger partial charge is 0.251 e. The second-order valence-corrected chi connectivity index (χ2v) is 9.32. The largest absolute Gasteiger partial charge is 0.469 e. The van der Waals surface area contributed by atoms with Crippen LogP contribution in [0, 0.1) is 11.8 Å². The number of piperidine rings is 1. The van der Waals surface area contributed by atoms with Crippen molar-refractivity contribution in [2.45, 2.75) is 31.6 Å². The minimum Gasteiger partial charge on any atom is -0.469 e. The second-order valence-electron chi connectivity index (χ2n) is 7.38. The van der Waals surface area contributed by atoms with Crippen molar-refractivity contribution in [3.63, 3.8) is 0 Å². The van der Waals surface area contributed by atoms with E-state index in [1.54, 1.807) is 28.8 Å². The van der Waals surface area contributed by atoms with Crippen LogP contribution in [0.1, 0.15) is 36.4 Å². The van der Waals surface area contributed by atoms with Crippen LogP contribution in [0.5, 0.6) is 0 Å². The van der Waals surface area contributed by atoms with Gasteiger partial charge in [0.05, 0.1) is 11.2 Å². The maximum absolute atomic E-state index is 12.9. The van der Waals surface area contributed by atoms with Crippen LogP contribution in [-0.4, -0.2) is 38.3 Å². The summed E-state index contributed by atoms with van der Waals surface area (Å²) in [6, 6.07) is 9.81. The van der Waals surface area contributed by atoms with Gasteiger partial charge in [0.25, 0.3) is 5.91 Å². The SMILES string of the molecule is C[C@@H]1C[C@H](C)CN(S(=O)(=O)c2ccc(C(=O)NCCc3ccco3)cc2)C1. The molecule has 2 heterocycles. The summed E-state index contributed by atoms with van der Waals surface area (Å²) >= 11 is 0. The molecule has 1 fully saturated rings. The van der Waals surface area contributed by atoms with Crippen LogP contribution < -0.4 is 5.32 Å². The zero-order chi connectivity index (χ0) is 19.4. The van der Waals surface area contributed by atoms with Gasteiger partial charge in [-0.15, -0.1) is 0 Å². The Kier molecular flexibility index (Phi) is 6.01. The zero-order valence-electron chi connectivity index (χ0n) is 15.7. The summed E-state index contributed by atoms with van der Waals surface area (Å²) in [6.45, 7) is 5.70. The summed E-state index contributed by atoms with van der Waals surface area (Å²) in [5.41, 5.74) is 0.439. The number of sulfonamides is 1. The molecule has 0 radical (unpaired) electrons. The molecule has 1 aromatic carbocycles. The Morgan fingerprint density at radius 3 is 2.41 bits per heavy atom. The fourth-order valence-corrected chi connectivity index (χ4v) is 5.27. The van der Waals surface area contributed by atoms with Gasteiger partial charge in [-0.05, 0) is 54.7 Å². The Morgan fingerprint density at radius 2 is 1.81 bits per heavy atom. The van der Waals surface area contributed by atoms with Gasteiger partial charge in [-0.25, -0.2) is 8.42 Å². The standard InChI is InChI=1S/C20H26N2O4S/c1-15-12-16(2)14-22(13-15)27(24,25)19-7-5-17(6-8-19)20(23)21-10-9-18-4-3-11-26-18/h3-8,11,15-16H,9-10,12-14H2,1-2H3,(H,21,23)/t15-,16+.